The molecule has 1 saturated heterocycles. The lowest BCUT2D eigenvalue weighted by Gasteiger charge is -2.43. The summed E-state index contributed by atoms with van der Waals surface area (Å²) in [7, 11) is 3.95. The average molecular weight is 455 g/mol. The summed E-state index contributed by atoms with van der Waals surface area (Å²) >= 11 is 1.58. The van der Waals surface area contributed by atoms with Crippen molar-refractivity contribution >= 4 is 23.2 Å². The van der Waals surface area contributed by atoms with Crippen molar-refractivity contribution in [1.29, 1.82) is 0 Å². The molecule has 0 amide bonds. The molecular weight excluding hydrogens is 424 g/mol. The number of amidine groups is 1. The molecule has 2 heterocycles. The molecule has 7 heteroatoms. The van der Waals surface area contributed by atoms with Gasteiger partial charge in [-0.05, 0) is 11.1 Å². The maximum atomic E-state index is 12.0. The van der Waals surface area contributed by atoms with E-state index in [1.807, 2.05) is 79.7 Å². The SMILES string of the molecule is C[C@H]1[C@H](OCc2ccccc2)[C@H]2N=C(N(C)C)S[C@H]2O[C@@H]1C(C=O)OCc1ccccc1. The molecule has 1 fully saturated rings. The molecule has 32 heavy (non-hydrogen) atoms. The van der Waals surface area contributed by atoms with Crippen LogP contribution < -0.4 is 0 Å². The monoisotopic (exact) mass is 454 g/mol. The van der Waals surface area contributed by atoms with Crippen LogP contribution in [0.1, 0.15) is 18.1 Å². The van der Waals surface area contributed by atoms with Crippen LogP contribution in [-0.4, -0.2) is 60.2 Å². The van der Waals surface area contributed by atoms with E-state index in [0.717, 1.165) is 22.6 Å². The van der Waals surface area contributed by atoms with Gasteiger partial charge in [-0.3, -0.25) is 4.99 Å². The highest BCUT2D eigenvalue weighted by atomic mass is 32.2. The van der Waals surface area contributed by atoms with Gasteiger partial charge >= 0.3 is 0 Å². The fraction of sp³-hybridized carbons (Fsp3) is 0.440. The number of carbonyl (C=O) groups excluding carboxylic acids is 1. The number of carbonyl (C=O) groups is 1. The zero-order valence-corrected chi connectivity index (χ0v) is 19.5. The first-order valence-electron chi connectivity index (χ1n) is 10.9. The number of thioether (sulfide) groups is 1. The molecule has 2 aliphatic rings. The van der Waals surface area contributed by atoms with Crippen molar-refractivity contribution in [3.8, 4) is 0 Å². The third-order valence-electron chi connectivity index (χ3n) is 5.84. The van der Waals surface area contributed by atoms with Crippen molar-refractivity contribution < 1.29 is 19.0 Å². The van der Waals surface area contributed by atoms with Crippen LogP contribution >= 0.6 is 11.8 Å². The lowest BCUT2D eigenvalue weighted by Crippen LogP contribution is -2.55. The molecule has 4 rings (SSSR count). The van der Waals surface area contributed by atoms with Crippen LogP contribution in [0.3, 0.4) is 0 Å². The van der Waals surface area contributed by atoms with Gasteiger partial charge in [0.1, 0.15) is 17.6 Å². The lowest BCUT2D eigenvalue weighted by molar-refractivity contribution is -0.180. The van der Waals surface area contributed by atoms with Crippen molar-refractivity contribution in [1.82, 2.24) is 4.90 Å². The average Bonchev–Trinajstić information content (AvgIpc) is 3.25. The number of nitrogens with zero attached hydrogens (tertiary/aromatic N) is 2. The zero-order valence-electron chi connectivity index (χ0n) is 18.7. The number of hydrogen-bond acceptors (Lipinski definition) is 7. The first-order valence-corrected chi connectivity index (χ1v) is 11.8. The summed E-state index contributed by atoms with van der Waals surface area (Å²) in [5.74, 6) is -0.0724. The van der Waals surface area contributed by atoms with Gasteiger partial charge in [-0.25, -0.2) is 0 Å². The van der Waals surface area contributed by atoms with Crippen molar-refractivity contribution in [2.75, 3.05) is 14.1 Å². The fourth-order valence-electron chi connectivity index (χ4n) is 4.10. The largest absolute Gasteiger partial charge is 0.371 e. The quantitative estimate of drug-likeness (QED) is 0.566. The van der Waals surface area contributed by atoms with Gasteiger partial charge in [0.25, 0.3) is 0 Å². The molecule has 2 aromatic rings. The molecule has 0 saturated carbocycles. The smallest absolute Gasteiger partial charge is 0.161 e. The highest BCUT2D eigenvalue weighted by molar-refractivity contribution is 8.14. The standard InChI is InChI=1S/C25H30N2O4S/c1-17-22(20(14-28)29-15-18-10-6-4-7-11-18)31-24-21(26-25(32-24)27(2)3)23(17)30-16-19-12-8-5-9-13-19/h4-14,17,20-24H,15-16H2,1-3H3/t17-,20?,21-,22+,23+,24-/m1/s1. The van der Waals surface area contributed by atoms with E-state index in [1.165, 1.54) is 0 Å². The van der Waals surface area contributed by atoms with E-state index in [2.05, 4.69) is 6.92 Å². The number of hydrogen-bond donors (Lipinski definition) is 0. The number of ether oxygens (including phenoxy) is 3. The topological polar surface area (TPSA) is 60.4 Å². The maximum absolute atomic E-state index is 12.0. The first-order chi connectivity index (χ1) is 15.6. The molecular formula is C25H30N2O4S. The molecule has 0 radical (unpaired) electrons. The lowest BCUT2D eigenvalue weighted by atomic mass is 9.87. The van der Waals surface area contributed by atoms with Gasteiger partial charge in [-0.15, -0.1) is 0 Å². The molecule has 1 unspecified atom stereocenters. The van der Waals surface area contributed by atoms with E-state index in [9.17, 15) is 4.79 Å². The van der Waals surface area contributed by atoms with Crippen molar-refractivity contribution in [3.05, 3.63) is 71.8 Å². The van der Waals surface area contributed by atoms with E-state index < -0.39 is 12.2 Å². The van der Waals surface area contributed by atoms with E-state index in [-0.39, 0.29) is 23.5 Å². The summed E-state index contributed by atoms with van der Waals surface area (Å²) in [5.41, 5.74) is 1.91. The summed E-state index contributed by atoms with van der Waals surface area (Å²) in [6, 6.07) is 19.8. The minimum absolute atomic E-state index is 0.0724. The predicted molar refractivity (Wildman–Crippen MR) is 126 cm³/mol. The third kappa shape index (κ3) is 5.23. The normalized spacial score (nSPS) is 28.0. The second kappa shape index (κ2) is 10.6. The van der Waals surface area contributed by atoms with Crippen molar-refractivity contribution in [2.24, 2.45) is 10.9 Å². The molecule has 2 aromatic carbocycles. The summed E-state index contributed by atoms with van der Waals surface area (Å²) in [5, 5.41) is 0.911. The number of aldehydes is 1. The van der Waals surface area contributed by atoms with Gasteiger partial charge in [0.2, 0.25) is 0 Å². The number of rotatable bonds is 8. The number of fused-ring (bicyclic) bond motifs is 1. The Morgan fingerprint density at radius 3 is 2.28 bits per heavy atom. The minimum Gasteiger partial charge on any atom is -0.371 e. The van der Waals surface area contributed by atoms with Gasteiger partial charge in [0.15, 0.2) is 11.5 Å². The Morgan fingerprint density at radius 1 is 1.06 bits per heavy atom. The highest BCUT2D eigenvalue weighted by Crippen LogP contribution is 2.41. The minimum atomic E-state index is -0.682. The Balaban J connectivity index is 1.51. The number of benzene rings is 2. The molecule has 170 valence electrons. The van der Waals surface area contributed by atoms with Crippen molar-refractivity contribution in [2.45, 2.75) is 49.9 Å². The van der Waals surface area contributed by atoms with Crippen LogP contribution in [0.15, 0.2) is 65.7 Å². The Bertz CT molecular complexity index is 909. The van der Waals surface area contributed by atoms with Gasteiger partial charge in [-0.1, -0.05) is 79.3 Å². The van der Waals surface area contributed by atoms with Crippen LogP contribution in [0, 0.1) is 5.92 Å². The Kier molecular flexibility index (Phi) is 7.63. The Labute approximate surface area is 194 Å². The first kappa shape index (κ1) is 23.0. The van der Waals surface area contributed by atoms with Gasteiger partial charge in [-0.2, -0.15) is 0 Å². The van der Waals surface area contributed by atoms with Gasteiger partial charge in [0.05, 0.1) is 25.4 Å². The summed E-state index contributed by atoms with van der Waals surface area (Å²) < 4.78 is 18.8. The van der Waals surface area contributed by atoms with Crippen LogP contribution in [0.4, 0.5) is 0 Å². The molecule has 0 N–H and O–H groups in total. The van der Waals surface area contributed by atoms with Crippen LogP contribution in [0.5, 0.6) is 0 Å². The van der Waals surface area contributed by atoms with E-state index >= 15 is 0 Å². The fourth-order valence-corrected chi connectivity index (χ4v) is 5.24. The highest BCUT2D eigenvalue weighted by Gasteiger charge is 2.50. The second-order valence-electron chi connectivity index (χ2n) is 8.40. The maximum Gasteiger partial charge on any atom is 0.161 e. The molecule has 0 aliphatic carbocycles. The molecule has 2 aliphatic heterocycles. The van der Waals surface area contributed by atoms with E-state index in [1.54, 1.807) is 11.8 Å². The molecule has 6 atom stereocenters. The van der Waals surface area contributed by atoms with Crippen LogP contribution in [0.25, 0.3) is 0 Å². The molecule has 6 nitrogen and oxygen atoms in total. The molecule has 0 bridgehead atoms. The third-order valence-corrected chi connectivity index (χ3v) is 7.14. The van der Waals surface area contributed by atoms with Crippen LogP contribution in [0.2, 0.25) is 0 Å². The van der Waals surface area contributed by atoms with E-state index in [4.69, 9.17) is 19.2 Å². The summed E-state index contributed by atoms with van der Waals surface area (Å²) in [4.78, 5) is 18.9. The Hall–Kier alpha value is -2.19. The number of aliphatic imine (C=N–C) groups is 1. The second-order valence-corrected chi connectivity index (χ2v) is 9.47. The van der Waals surface area contributed by atoms with E-state index in [0.29, 0.717) is 13.2 Å². The van der Waals surface area contributed by atoms with Crippen molar-refractivity contribution in [3.63, 3.8) is 0 Å². The predicted octanol–water partition coefficient (Wildman–Crippen LogP) is 3.75. The zero-order chi connectivity index (χ0) is 22.5. The Morgan fingerprint density at radius 2 is 1.69 bits per heavy atom. The molecule has 0 spiro atoms. The van der Waals surface area contributed by atoms with Gasteiger partial charge < -0.3 is 23.9 Å². The van der Waals surface area contributed by atoms with Gasteiger partial charge in [0, 0.05) is 20.0 Å². The summed E-state index contributed by atoms with van der Waals surface area (Å²) in [6.45, 7) is 2.90. The molecule has 0 aromatic heterocycles. The van der Waals surface area contributed by atoms with Crippen LogP contribution in [-0.2, 0) is 32.2 Å². The summed E-state index contributed by atoms with van der Waals surface area (Å²) in [6.07, 6.45) is -0.432.